The number of rotatable bonds is 2. The molecule has 2 N–H and O–H groups in total. The lowest BCUT2D eigenvalue weighted by molar-refractivity contribution is 0.0814. The zero-order chi connectivity index (χ0) is 18.0. The van der Waals surface area contributed by atoms with E-state index in [0.717, 1.165) is 30.6 Å². The Balaban J connectivity index is 1.33. The molecule has 0 atom stereocenters. The van der Waals surface area contributed by atoms with E-state index in [2.05, 4.69) is 20.8 Å². The minimum absolute atomic E-state index is 0.116. The average Bonchev–Trinajstić information content (AvgIpc) is 2.67. The molecule has 8 heteroatoms. The predicted octanol–water partition coefficient (Wildman–Crippen LogP) is 3.14. The summed E-state index contributed by atoms with van der Waals surface area (Å²) in [6.45, 7) is 2.32. The molecule has 1 saturated heterocycles. The topological polar surface area (TPSA) is 79.4 Å². The molecule has 26 heavy (non-hydrogen) atoms. The van der Waals surface area contributed by atoms with Crippen LogP contribution in [-0.2, 0) is 11.3 Å². The number of likely N-dealkylation sites (tertiary alicyclic amines) is 1. The maximum Gasteiger partial charge on any atom is 0.410 e. The molecule has 1 fully saturated rings. The SMILES string of the molecule is O=C(OCc1ccccc1)N1CCC2(CC1)CNc1nnc(Cl)cc1N2. The van der Waals surface area contributed by atoms with Crippen molar-refractivity contribution >= 4 is 29.2 Å². The maximum absolute atomic E-state index is 12.3. The van der Waals surface area contributed by atoms with Crippen molar-refractivity contribution < 1.29 is 9.53 Å². The standard InChI is InChI=1S/C18H20ClN5O2/c19-15-10-14-16(23-22-15)20-12-18(21-14)6-8-24(9-7-18)17(25)26-11-13-4-2-1-3-5-13/h1-5,10,21H,6-9,11-12H2,(H,20,23). The van der Waals surface area contributed by atoms with Crippen LogP contribution in [0.25, 0.3) is 0 Å². The van der Waals surface area contributed by atoms with Crippen LogP contribution in [0.2, 0.25) is 5.15 Å². The van der Waals surface area contributed by atoms with E-state index >= 15 is 0 Å². The summed E-state index contributed by atoms with van der Waals surface area (Å²) in [5.41, 5.74) is 1.73. The van der Waals surface area contributed by atoms with Gasteiger partial charge in [-0.1, -0.05) is 41.9 Å². The predicted molar refractivity (Wildman–Crippen MR) is 99.3 cm³/mol. The highest BCUT2D eigenvalue weighted by Gasteiger charge is 2.39. The minimum atomic E-state index is -0.262. The third kappa shape index (κ3) is 3.53. The van der Waals surface area contributed by atoms with Crippen molar-refractivity contribution in [1.82, 2.24) is 15.1 Å². The van der Waals surface area contributed by atoms with Gasteiger partial charge in [-0.05, 0) is 18.4 Å². The monoisotopic (exact) mass is 373 g/mol. The Morgan fingerprint density at radius 1 is 1.23 bits per heavy atom. The second kappa shape index (κ2) is 6.99. The summed E-state index contributed by atoms with van der Waals surface area (Å²) in [6.07, 6.45) is 1.38. The summed E-state index contributed by atoms with van der Waals surface area (Å²) < 4.78 is 5.43. The van der Waals surface area contributed by atoms with Crippen molar-refractivity contribution in [2.24, 2.45) is 0 Å². The number of nitrogens with one attached hydrogen (secondary N) is 2. The van der Waals surface area contributed by atoms with Gasteiger partial charge in [0.1, 0.15) is 6.61 Å². The average molecular weight is 374 g/mol. The van der Waals surface area contributed by atoms with Gasteiger partial charge < -0.3 is 20.3 Å². The zero-order valence-electron chi connectivity index (χ0n) is 14.2. The summed E-state index contributed by atoms with van der Waals surface area (Å²) in [5.74, 6) is 0.713. The van der Waals surface area contributed by atoms with Crippen LogP contribution in [0.15, 0.2) is 36.4 Å². The largest absolute Gasteiger partial charge is 0.445 e. The van der Waals surface area contributed by atoms with Crippen LogP contribution < -0.4 is 10.6 Å². The van der Waals surface area contributed by atoms with E-state index in [1.807, 2.05) is 30.3 Å². The first kappa shape index (κ1) is 16.9. The van der Waals surface area contributed by atoms with Crippen LogP contribution >= 0.6 is 11.6 Å². The Labute approximate surface area is 156 Å². The van der Waals surface area contributed by atoms with E-state index in [-0.39, 0.29) is 11.6 Å². The first-order chi connectivity index (χ1) is 12.6. The first-order valence-corrected chi connectivity index (χ1v) is 9.02. The smallest absolute Gasteiger partial charge is 0.410 e. The van der Waals surface area contributed by atoms with Crippen LogP contribution in [0, 0.1) is 0 Å². The Bertz CT molecular complexity index is 793. The highest BCUT2D eigenvalue weighted by molar-refractivity contribution is 6.29. The number of amides is 1. The molecule has 7 nitrogen and oxygen atoms in total. The number of benzene rings is 1. The Morgan fingerprint density at radius 3 is 2.77 bits per heavy atom. The summed E-state index contributed by atoms with van der Waals surface area (Å²) in [6, 6.07) is 11.5. The molecule has 1 aromatic carbocycles. The van der Waals surface area contributed by atoms with Crippen molar-refractivity contribution in [2.45, 2.75) is 25.0 Å². The van der Waals surface area contributed by atoms with E-state index in [4.69, 9.17) is 16.3 Å². The van der Waals surface area contributed by atoms with Crippen molar-refractivity contribution in [3.8, 4) is 0 Å². The maximum atomic E-state index is 12.3. The third-order valence-electron chi connectivity index (χ3n) is 4.94. The van der Waals surface area contributed by atoms with Gasteiger partial charge in [-0.25, -0.2) is 4.79 Å². The number of anilines is 2. The van der Waals surface area contributed by atoms with Crippen LogP contribution in [0.5, 0.6) is 0 Å². The number of carbonyl (C=O) groups is 1. The van der Waals surface area contributed by atoms with Gasteiger partial charge in [-0.3, -0.25) is 0 Å². The highest BCUT2D eigenvalue weighted by atomic mass is 35.5. The van der Waals surface area contributed by atoms with Gasteiger partial charge in [0, 0.05) is 25.7 Å². The quantitative estimate of drug-likeness (QED) is 0.841. The van der Waals surface area contributed by atoms with Crippen LogP contribution in [0.3, 0.4) is 0 Å². The lowest BCUT2D eigenvalue weighted by Gasteiger charge is -2.45. The number of hydrogen-bond donors (Lipinski definition) is 2. The van der Waals surface area contributed by atoms with Gasteiger partial charge in [0.25, 0.3) is 0 Å². The highest BCUT2D eigenvalue weighted by Crippen LogP contribution is 2.35. The molecule has 4 rings (SSSR count). The zero-order valence-corrected chi connectivity index (χ0v) is 15.0. The van der Waals surface area contributed by atoms with Gasteiger partial charge in [0.2, 0.25) is 0 Å². The molecule has 0 bridgehead atoms. The second-order valence-electron chi connectivity index (χ2n) is 6.72. The second-order valence-corrected chi connectivity index (χ2v) is 7.10. The number of piperidine rings is 1. The van der Waals surface area contributed by atoms with E-state index in [9.17, 15) is 4.79 Å². The number of hydrogen-bond acceptors (Lipinski definition) is 6. The van der Waals surface area contributed by atoms with E-state index in [1.54, 1.807) is 11.0 Å². The van der Waals surface area contributed by atoms with Gasteiger partial charge in [-0.15, -0.1) is 10.2 Å². The van der Waals surface area contributed by atoms with Gasteiger partial charge in [0.15, 0.2) is 11.0 Å². The van der Waals surface area contributed by atoms with Crippen molar-refractivity contribution in [1.29, 1.82) is 0 Å². The molecule has 1 amide bonds. The van der Waals surface area contributed by atoms with Crippen molar-refractivity contribution in [3.63, 3.8) is 0 Å². The number of carbonyl (C=O) groups excluding carboxylic acids is 1. The lowest BCUT2D eigenvalue weighted by Crippen LogP contribution is -2.56. The van der Waals surface area contributed by atoms with Gasteiger partial charge in [0.05, 0.1) is 11.2 Å². The first-order valence-electron chi connectivity index (χ1n) is 8.64. The number of halogens is 1. The normalized spacial score (nSPS) is 17.8. The summed E-state index contributed by atoms with van der Waals surface area (Å²) in [5, 5.41) is 15.1. The number of fused-ring (bicyclic) bond motifs is 1. The molecule has 2 aliphatic heterocycles. The molecule has 2 aromatic rings. The molecule has 0 unspecified atom stereocenters. The lowest BCUT2D eigenvalue weighted by atomic mass is 9.86. The fraction of sp³-hybridized carbons (Fsp3) is 0.389. The van der Waals surface area contributed by atoms with Gasteiger partial charge in [-0.2, -0.15) is 0 Å². The fourth-order valence-corrected chi connectivity index (χ4v) is 3.55. The summed E-state index contributed by atoms with van der Waals surface area (Å²) >= 11 is 5.94. The molecule has 0 aliphatic carbocycles. The molecule has 1 aromatic heterocycles. The molecule has 2 aliphatic rings. The van der Waals surface area contributed by atoms with E-state index in [0.29, 0.717) is 30.7 Å². The molecule has 0 saturated carbocycles. The molecule has 136 valence electrons. The fourth-order valence-electron chi connectivity index (χ4n) is 3.41. The van der Waals surface area contributed by atoms with Crippen molar-refractivity contribution in [3.05, 3.63) is 47.1 Å². The van der Waals surface area contributed by atoms with Crippen LogP contribution in [0.4, 0.5) is 16.3 Å². The van der Waals surface area contributed by atoms with Crippen LogP contribution in [0.1, 0.15) is 18.4 Å². The Kier molecular flexibility index (Phi) is 4.55. The number of ether oxygens (including phenoxy) is 1. The van der Waals surface area contributed by atoms with Crippen molar-refractivity contribution in [2.75, 3.05) is 30.3 Å². The van der Waals surface area contributed by atoms with E-state index < -0.39 is 0 Å². The third-order valence-corrected chi connectivity index (χ3v) is 5.13. The van der Waals surface area contributed by atoms with E-state index in [1.165, 1.54) is 0 Å². The molecular formula is C18H20ClN5O2. The van der Waals surface area contributed by atoms with Gasteiger partial charge >= 0.3 is 6.09 Å². The Hall–Kier alpha value is -2.54. The molecule has 1 spiro atoms. The molecule has 0 radical (unpaired) electrons. The number of aromatic nitrogens is 2. The van der Waals surface area contributed by atoms with Crippen LogP contribution in [-0.4, -0.2) is 46.4 Å². The number of nitrogens with zero attached hydrogens (tertiary/aromatic N) is 3. The summed E-state index contributed by atoms with van der Waals surface area (Å²) in [4.78, 5) is 14.1. The summed E-state index contributed by atoms with van der Waals surface area (Å²) in [7, 11) is 0. The molecular weight excluding hydrogens is 354 g/mol. The Morgan fingerprint density at radius 2 is 2.00 bits per heavy atom. The minimum Gasteiger partial charge on any atom is -0.445 e. The molecule has 3 heterocycles.